The number of hydrogen-bond acceptors (Lipinski definition) is 7. The number of aryl methyl sites for hydroxylation is 1. The first-order chi connectivity index (χ1) is 18.6. The van der Waals surface area contributed by atoms with Gasteiger partial charge in [-0.1, -0.05) is 42.5 Å². The molecule has 1 aliphatic rings. The summed E-state index contributed by atoms with van der Waals surface area (Å²) < 4.78 is 42.1. The second-order valence-corrected chi connectivity index (χ2v) is 10.9. The monoisotopic (exact) mass is 553 g/mol. The lowest BCUT2D eigenvalue weighted by Crippen LogP contribution is -2.45. The second-order valence-electron chi connectivity index (χ2n) is 9.93. The van der Waals surface area contributed by atoms with Gasteiger partial charge in [-0.25, -0.2) is 9.97 Å². The summed E-state index contributed by atoms with van der Waals surface area (Å²) in [4.78, 5) is 27.0. The Morgan fingerprint density at radius 1 is 1.05 bits per heavy atom. The number of halogens is 3. The molecule has 2 N–H and O–H groups in total. The Balaban J connectivity index is 1.36. The van der Waals surface area contributed by atoms with Gasteiger partial charge in [0.15, 0.2) is 10.9 Å². The molecule has 0 spiro atoms. The summed E-state index contributed by atoms with van der Waals surface area (Å²) in [6.07, 6.45) is -2.91. The van der Waals surface area contributed by atoms with Crippen LogP contribution in [0.4, 0.5) is 18.3 Å². The highest BCUT2D eigenvalue weighted by atomic mass is 32.1. The van der Waals surface area contributed by atoms with Crippen LogP contribution in [0, 0.1) is 6.92 Å². The van der Waals surface area contributed by atoms with Crippen LogP contribution >= 0.6 is 11.3 Å². The lowest BCUT2D eigenvalue weighted by Gasteiger charge is -2.34. The van der Waals surface area contributed by atoms with E-state index in [0.29, 0.717) is 21.8 Å². The number of fused-ring (bicyclic) bond motifs is 1. The Hall–Kier alpha value is -3.34. The molecule has 0 amide bonds. The van der Waals surface area contributed by atoms with Crippen LogP contribution in [0.5, 0.6) is 0 Å². The van der Waals surface area contributed by atoms with Crippen LogP contribution in [0.2, 0.25) is 0 Å². The highest BCUT2D eigenvalue weighted by Gasteiger charge is 2.34. The average molecular weight is 554 g/mol. The molecule has 10 heteroatoms. The molecular weight excluding hydrogens is 523 g/mol. The maximum Gasteiger partial charge on any atom is 0.416 e. The average Bonchev–Trinajstić information content (AvgIpc) is 3.29. The van der Waals surface area contributed by atoms with E-state index in [1.807, 2.05) is 19.1 Å². The number of piperazine rings is 1. The first-order valence-electron chi connectivity index (χ1n) is 12.9. The Morgan fingerprint density at radius 3 is 2.51 bits per heavy atom. The van der Waals surface area contributed by atoms with Crippen molar-refractivity contribution >= 4 is 32.6 Å². The molecule has 0 bridgehead atoms. The van der Waals surface area contributed by atoms with Crippen molar-refractivity contribution in [2.24, 2.45) is 0 Å². The molecule has 0 unspecified atom stereocenters. The van der Waals surface area contributed by atoms with Gasteiger partial charge in [-0.3, -0.25) is 9.69 Å². The molecule has 2 aromatic carbocycles. The molecule has 1 saturated heterocycles. The van der Waals surface area contributed by atoms with Crippen LogP contribution in [0.15, 0.2) is 48.7 Å². The number of pyridine rings is 1. The minimum absolute atomic E-state index is 0.124. The lowest BCUT2D eigenvalue weighted by atomic mass is 9.94. The number of alkyl halides is 3. The standard InChI is InChI=1S/C29H30F3N5OS/c1-3-36-8-10-37(11-9-36)17-21-7-5-19(12-24(21)29(30,31)32)13-26(38)20-6-4-18(2)23(14-20)22-15-25-27(34-16-22)39-28(33)35-25/h4-7,12,14-16H,3,8-11,13,17H2,1-2H3,(H2,33,35). The molecule has 0 atom stereocenters. The minimum Gasteiger partial charge on any atom is -0.375 e. The van der Waals surface area contributed by atoms with E-state index >= 15 is 0 Å². The maximum atomic E-state index is 14.0. The van der Waals surface area contributed by atoms with E-state index in [1.54, 1.807) is 24.4 Å². The number of nitrogen functional groups attached to an aromatic ring is 1. The van der Waals surface area contributed by atoms with Crippen LogP contribution in [0.1, 0.15) is 39.5 Å². The summed E-state index contributed by atoms with van der Waals surface area (Å²) in [5.41, 5.74) is 9.38. The summed E-state index contributed by atoms with van der Waals surface area (Å²) in [7, 11) is 0. The van der Waals surface area contributed by atoms with Crippen molar-refractivity contribution in [2.45, 2.75) is 33.0 Å². The number of Topliss-reactive ketones (excluding diaryl/α,β-unsaturated/α-hetero) is 1. The van der Waals surface area contributed by atoms with Crippen molar-refractivity contribution in [2.75, 3.05) is 38.5 Å². The molecule has 5 rings (SSSR count). The Labute approximate surface area is 229 Å². The fourth-order valence-corrected chi connectivity index (χ4v) is 5.68. The van der Waals surface area contributed by atoms with Gasteiger partial charge in [-0.15, -0.1) is 0 Å². The number of aromatic nitrogens is 2. The third-order valence-electron chi connectivity index (χ3n) is 7.29. The first kappa shape index (κ1) is 27.2. The van der Waals surface area contributed by atoms with Gasteiger partial charge in [0, 0.05) is 56.5 Å². The molecule has 1 fully saturated rings. The van der Waals surface area contributed by atoms with E-state index in [1.165, 1.54) is 17.4 Å². The number of ketones is 1. The minimum atomic E-state index is -4.50. The normalized spacial score (nSPS) is 15.2. The summed E-state index contributed by atoms with van der Waals surface area (Å²) >= 11 is 1.30. The van der Waals surface area contributed by atoms with E-state index in [4.69, 9.17) is 5.73 Å². The van der Waals surface area contributed by atoms with E-state index in [0.717, 1.165) is 60.3 Å². The van der Waals surface area contributed by atoms with E-state index in [9.17, 15) is 18.0 Å². The smallest absolute Gasteiger partial charge is 0.375 e. The highest BCUT2D eigenvalue weighted by Crippen LogP contribution is 2.34. The maximum absolute atomic E-state index is 14.0. The molecule has 0 radical (unpaired) electrons. The lowest BCUT2D eigenvalue weighted by molar-refractivity contribution is -0.138. The Bertz CT molecular complexity index is 1510. The SMILES string of the molecule is CCN1CCN(Cc2ccc(CC(=O)c3ccc(C)c(-c4cnc5sc(N)nc5c4)c3)cc2C(F)(F)F)CC1. The van der Waals surface area contributed by atoms with Gasteiger partial charge in [-0.05, 0) is 53.9 Å². The van der Waals surface area contributed by atoms with Crippen molar-refractivity contribution < 1.29 is 18.0 Å². The van der Waals surface area contributed by atoms with Crippen LogP contribution < -0.4 is 5.73 Å². The van der Waals surface area contributed by atoms with Crippen molar-refractivity contribution in [1.29, 1.82) is 0 Å². The number of rotatable bonds is 7. The third-order valence-corrected chi connectivity index (χ3v) is 8.09. The van der Waals surface area contributed by atoms with Crippen molar-refractivity contribution in [1.82, 2.24) is 19.8 Å². The van der Waals surface area contributed by atoms with E-state index < -0.39 is 11.7 Å². The Morgan fingerprint density at radius 2 is 1.79 bits per heavy atom. The zero-order valence-electron chi connectivity index (χ0n) is 21.9. The topological polar surface area (TPSA) is 75.3 Å². The van der Waals surface area contributed by atoms with Gasteiger partial charge in [0.2, 0.25) is 0 Å². The van der Waals surface area contributed by atoms with Crippen molar-refractivity contribution in [3.05, 3.63) is 76.5 Å². The van der Waals surface area contributed by atoms with Crippen LogP contribution in [-0.4, -0.2) is 58.3 Å². The number of likely N-dealkylation sites (N-methyl/N-ethyl adjacent to an activating group) is 1. The number of carbonyl (C=O) groups is 1. The summed E-state index contributed by atoms with van der Waals surface area (Å²) in [6, 6.07) is 11.5. The third kappa shape index (κ3) is 6.13. The van der Waals surface area contributed by atoms with Gasteiger partial charge < -0.3 is 10.6 Å². The molecule has 6 nitrogen and oxygen atoms in total. The fourth-order valence-electron chi connectivity index (χ4n) is 5.02. The molecule has 2 aromatic heterocycles. The largest absolute Gasteiger partial charge is 0.416 e. The van der Waals surface area contributed by atoms with Gasteiger partial charge >= 0.3 is 6.18 Å². The fraction of sp³-hybridized carbons (Fsp3) is 0.345. The molecule has 4 aromatic rings. The van der Waals surface area contributed by atoms with Gasteiger partial charge in [0.1, 0.15) is 10.3 Å². The molecular formula is C29H30F3N5OS. The second kappa shape index (κ2) is 11.0. The van der Waals surface area contributed by atoms with E-state index in [2.05, 4.69) is 26.7 Å². The molecule has 39 heavy (non-hydrogen) atoms. The summed E-state index contributed by atoms with van der Waals surface area (Å²) in [5, 5.41) is 0.429. The summed E-state index contributed by atoms with van der Waals surface area (Å²) in [5.74, 6) is -0.250. The van der Waals surface area contributed by atoms with Crippen LogP contribution in [-0.2, 0) is 19.1 Å². The number of thiazole rings is 1. The highest BCUT2D eigenvalue weighted by molar-refractivity contribution is 7.21. The molecule has 204 valence electrons. The molecule has 3 heterocycles. The predicted octanol–water partition coefficient (Wildman–Crippen LogP) is 5.83. The molecule has 1 aliphatic heterocycles. The predicted molar refractivity (Wildman–Crippen MR) is 149 cm³/mol. The molecule has 0 saturated carbocycles. The van der Waals surface area contributed by atoms with Crippen LogP contribution in [0.3, 0.4) is 0 Å². The number of benzene rings is 2. The zero-order chi connectivity index (χ0) is 27.7. The van der Waals surface area contributed by atoms with Crippen molar-refractivity contribution in [3.8, 4) is 11.1 Å². The molecule has 0 aliphatic carbocycles. The number of anilines is 1. The van der Waals surface area contributed by atoms with Gasteiger partial charge in [0.05, 0.1) is 5.56 Å². The number of nitrogens with zero attached hydrogens (tertiary/aromatic N) is 4. The summed E-state index contributed by atoms with van der Waals surface area (Å²) in [6.45, 7) is 8.38. The van der Waals surface area contributed by atoms with Crippen LogP contribution in [0.25, 0.3) is 21.5 Å². The quantitative estimate of drug-likeness (QED) is 0.290. The first-order valence-corrected chi connectivity index (χ1v) is 13.7. The van der Waals surface area contributed by atoms with Crippen molar-refractivity contribution in [3.63, 3.8) is 0 Å². The Kier molecular flexibility index (Phi) is 7.70. The number of nitrogens with two attached hydrogens (primary N) is 1. The van der Waals surface area contributed by atoms with E-state index in [-0.39, 0.29) is 24.3 Å². The zero-order valence-corrected chi connectivity index (χ0v) is 22.7. The number of hydrogen-bond donors (Lipinski definition) is 1. The van der Waals surface area contributed by atoms with Gasteiger partial charge in [0.25, 0.3) is 0 Å². The van der Waals surface area contributed by atoms with Gasteiger partial charge in [-0.2, -0.15) is 13.2 Å². The number of carbonyl (C=O) groups excluding carboxylic acids is 1.